The van der Waals surface area contributed by atoms with Gasteiger partial charge < -0.3 is 4.98 Å². The standard InChI is InChI=1S/C24H16ClN/c25-21-14-7-11-17(16-8-2-1-3-9-16)23(21)20-13-6-12-19-18-10-4-5-15-22(18)26-24(19)20/h1-15,26H. The highest BCUT2D eigenvalue weighted by Gasteiger charge is 2.15. The Morgan fingerprint density at radius 2 is 1.27 bits per heavy atom. The first-order chi connectivity index (χ1) is 12.8. The molecular weight excluding hydrogens is 338 g/mol. The van der Waals surface area contributed by atoms with Crippen molar-refractivity contribution in [2.24, 2.45) is 0 Å². The van der Waals surface area contributed by atoms with E-state index >= 15 is 0 Å². The van der Waals surface area contributed by atoms with Crippen LogP contribution in [0.3, 0.4) is 0 Å². The van der Waals surface area contributed by atoms with Crippen molar-refractivity contribution in [1.82, 2.24) is 4.98 Å². The Labute approximate surface area is 156 Å². The molecule has 0 aliphatic rings. The Balaban J connectivity index is 1.87. The molecule has 2 heteroatoms. The fraction of sp³-hybridized carbons (Fsp3) is 0. The van der Waals surface area contributed by atoms with E-state index in [1.54, 1.807) is 0 Å². The van der Waals surface area contributed by atoms with Gasteiger partial charge in [-0.1, -0.05) is 90.5 Å². The zero-order valence-electron chi connectivity index (χ0n) is 14.0. The highest BCUT2D eigenvalue weighted by atomic mass is 35.5. The molecule has 5 aromatic rings. The minimum atomic E-state index is 0.762. The van der Waals surface area contributed by atoms with Crippen molar-refractivity contribution in [3.05, 3.63) is 96.0 Å². The van der Waals surface area contributed by atoms with Crippen LogP contribution in [0.4, 0.5) is 0 Å². The fourth-order valence-corrected chi connectivity index (χ4v) is 4.01. The largest absolute Gasteiger partial charge is 0.354 e. The predicted octanol–water partition coefficient (Wildman–Crippen LogP) is 7.31. The third-order valence-electron chi connectivity index (χ3n) is 4.91. The van der Waals surface area contributed by atoms with Crippen molar-refractivity contribution >= 4 is 33.4 Å². The minimum Gasteiger partial charge on any atom is -0.354 e. The molecule has 0 saturated carbocycles. The van der Waals surface area contributed by atoms with E-state index in [4.69, 9.17) is 11.6 Å². The molecule has 0 amide bonds. The van der Waals surface area contributed by atoms with Gasteiger partial charge in [0.25, 0.3) is 0 Å². The molecule has 1 nitrogen and oxygen atoms in total. The second-order valence-electron chi connectivity index (χ2n) is 6.43. The molecule has 0 saturated heterocycles. The zero-order chi connectivity index (χ0) is 17.5. The lowest BCUT2D eigenvalue weighted by Gasteiger charge is -2.13. The third-order valence-corrected chi connectivity index (χ3v) is 5.22. The Bertz CT molecular complexity index is 1240. The van der Waals surface area contributed by atoms with E-state index in [-0.39, 0.29) is 0 Å². The van der Waals surface area contributed by atoms with Gasteiger partial charge >= 0.3 is 0 Å². The minimum absolute atomic E-state index is 0.762. The van der Waals surface area contributed by atoms with Gasteiger partial charge in [0.1, 0.15) is 0 Å². The number of aromatic nitrogens is 1. The highest BCUT2D eigenvalue weighted by Crippen LogP contribution is 2.41. The molecule has 0 fully saturated rings. The molecule has 1 aromatic heterocycles. The molecule has 0 spiro atoms. The van der Waals surface area contributed by atoms with E-state index in [2.05, 4.69) is 77.8 Å². The summed E-state index contributed by atoms with van der Waals surface area (Å²) < 4.78 is 0. The van der Waals surface area contributed by atoms with Crippen LogP contribution >= 0.6 is 11.6 Å². The van der Waals surface area contributed by atoms with Gasteiger partial charge in [0.2, 0.25) is 0 Å². The molecular formula is C24H16ClN. The quantitative estimate of drug-likeness (QED) is 0.342. The maximum absolute atomic E-state index is 6.70. The Morgan fingerprint density at radius 3 is 2.15 bits per heavy atom. The second-order valence-corrected chi connectivity index (χ2v) is 6.83. The molecule has 1 heterocycles. The van der Waals surface area contributed by atoms with Crippen LogP contribution in [0.5, 0.6) is 0 Å². The zero-order valence-corrected chi connectivity index (χ0v) is 14.8. The van der Waals surface area contributed by atoms with E-state index in [9.17, 15) is 0 Å². The number of rotatable bonds is 2. The average molecular weight is 354 g/mol. The Hall–Kier alpha value is -3.03. The van der Waals surface area contributed by atoms with Crippen LogP contribution in [0.25, 0.3) is 44.1 Å². The molecule has 0 bridgehead atoms. The van der Waals surface area contributed by atoms with Gasteiger partial charge in [-0.05, 0) is 23.3 Å². The second kappa shape index (κ2) is 6.05. The van der Waals surface area contributed by atoms with Crippen LogP contribution < -0.4 is 0 Å². The van der Waals surface area contributed by atoms with E-state index in [0.29, 0.717) is 0 Å². The highest BCUT2D eigenvalue weighted by molar-refractivity contribution is 6.34. The first-order valence-corrected chi connectivity index (χ1v) is 9.04. The molecule has 124 valence electrons. The summed E-state index contributed by atoms with van der Waals surface area (Å²) in [6.07, 6.45) is 0. The summed E-state index contributed by atoms with van der Waals surface area (Å²) in [7, 11) is 0. The van der Waals surface area contributed by atoms with Crippen LogP contribution in [0.1, 0.15) is 0 Å². The molecule has 0 aliphatic heterocycles. The van der Waals surface area contributed by atoms with Crippen molar-refractivity contribution in [3.63, 3.8) is 0 Å². The van der Waals surface area contributed by atoms with E-state index in [0.717, 1.165) is 38.3 Å². The molecule has 4 aromatic carbocycles. The monoisotopic (exact) mass is 353 g/mol. The van der Waals surface area contributed by atoms with Gasteiger partial charge in [-0.3, -0.25) is 0 Å². The van der Waals surface area contributed by atoms with Crippen molar-refractivity contribution in [2.75, 3.05) is 0 Å². The summed E-state index contributed by atoms with van der Waals surface area (Å²) in [5.74, 6) is 0. The number of hydrogen-bond acceptors (Lipinski definition) is 0. The maximum atomic E-state index is 6.70. The molecule has 0 radical (unpaired) electrons. The smallest absolute Gasteiger partial charge is 0.0545 e. The Kier molecular flexibility index (Phi) is 3.55. The molecule has 1 N–H and O–H groups in total. The van der Waals surface area contributed by atoms with Crippen molar-refractivity contribution in [1.29, 1.82) is 0 Å². The molecule has 0 atom stereocenters. The van der Waals surface area contributed by atoms with Gasteiger partial charge in [-0.15, -0.1) is 0 Å². The number of hydrogen-bond donors (Lipinski definition) is 1. The number of benzene rings is 4. The first-order valence-electron chi connectivity index (χ1n) is 8.67. The first kappa shape index (κ1) is 15.2. The maximum Gasteiger partial charge on any atom is 0.0545 e. The summed E-state index contributed by atoms with van der Waals surface area (Å²) in [6, 6.07) is 31.3. The van der Waals surface area contributed by atoms with E-state index in [1.807, 2.05) is 18.2 Å². The van der Waals surface area contributed by atoms with Crippen LogP contribution in [-0.2, 0) is 0 Å². The van der Waals surface area contributed by atoms with Crippen molar-refractivity contribution in [2.45, 2.75) is 0 Å². The van der Waals surface area contributed by atoms with Gasteiger partial charge in [-0.2, -0.15) is 0 Å². The number of aromatic amines is 1. The summed E-state index contributed by atoms with van der Waals surface area (Å²) in [4.78, 5) is 3.59. The number of nitrogens with one attached hydrogen (secondary N) is 1. The van der Waals surface area contributed by atoms with Crippen molar-refractivity contribution in [3.8, 4) is 22.3 Å². The van der Waals surface area contributed by atoms with Crippen LogP contribution in [-0.4, -0.2) is 4.98 Å². The predicted molar refractivity (Wildman–Crippen MR) is 112 cm³/mol. The van der Waals surface area contributed by atoms with Gasteiger partial charge in [0.05, 0.1) is 5.52 Å². The van der Waals surface area contributed by atoms with E-state index in [1.165, 1.54) is 10.8 Å². The third kappa shape index (κ3) is 2.33. The molecule has 5 rings (SSSR count). The number of fused-ring (bicyclic) bond motifs is 3. The van der Waals surface area contributed by atoms with Crippen LogP contribution in [0.15, 0.2) is 91.0 Å². The number of para-hydroxylation sites is 2. The van der Waals surface area contributed by atoms with Crippen LogP contribution in [0, 0.1) is 0 Å². The lowest BCUT2D eigenvalue weighted by atomic mass is 9.93. The lowest BCUT2D eigenvalue weighted by Crippen LogP contribution is -1.88. The van der Waals surface area contributed by atoms with E-state index < -0.39 is 0 Å². The summed E-state index contributed by atoms with van der Waals surface area (Å²) >= 11 is 6.70. The average Bonchev–Trinajstić information content (AvgIpc) is 3.07. The normalized spacial score (nSPS) is 11.3. The SMILES string of the molecule is Clc1cccc(-c2ccccc2)c1-c1cccc2c1[nH]c1ccccc12. The molecule has 0 unspecified atom stereocenters. The van der Waals surface area contributed by atoms with Crippen molar-refractivity contribution < 1.29 is 0 Å². The molecule has 26 heavy (non-hydrogen) atoms. The number of halogens is 1. The van der Waals surface area contributed by atoms with Gasteiger partial charge in [-0.25, -0.2) is 0 Å². The van der Waals surface area contributed by atoms with Gasteiger partial charge in [0.15, 0.2) is 0 Å². The summed E-state index contributed by atoms with van der Waals surface area (Å²) in [5, 5.41) is 3.22. The van der Waals surface area contributed by atoms with Crippen LogP contribution in [0.2, 0.25) is 5.02 Å². The summed E-state index contributed by atoms with van der Waals surface area (Å²) in [6.45, 7) is 0. The lowest BCUT2D eigenvalue weighted by molar-refractivity contribution is 1.53. The molecule has 0 aliphatic carbocycles. The summed E-state index contributed by atoms with van der Waals surface area (Å²) in [5.41, 5.74) is 6.77. The fourth-order valence-electron chi connectivity index (χ4n) is 3.74. The van der Waals surface area contributed by atoms with Gasteiger partial charge in [0, 0.05) is 32.4 Å². The topological polar surface area (TPSA) is 15.8 Å². The Morgan fingerprint density at radius 1 is 0.577 bits per heavy atom. The number of H-pyrrole nitrogens is 1.